The Bertz CT molecular complexity index is 826. The average Bonchev–Trinajstić information content (AvgIpc) is 2.79. The standard InChI is InChI=1S/C26H33N3.ClH/c1-3-23-8-10-24(11-9-23)12-15-27-16-13-25(14-17-27)28-18-20-29(21-19-28)26-7-5-4-6-22(26)2;/h1,4-11,25H,12-21H2,2H3;1H. The predicted octanol–water partition coefficient (Wildman–Crippen LogP) is 4.23. The molecule has 2 aromatic carbocycles. The number of rotatable bonds is 5. The van der Waals surface area contributed by atoms with Gasteiger partial charge in [0.15, 0.2) is 0 Å². The van der Waals surface area contributed by atoms with Crippen molar-refractivity contribution < 1.29 is 0 Å². The van der Waals surface area contributed by atoms with E-state index in [0.29, 0.717) is 0 Å². The van der Waals surface area contributed by atoms with Crippen molar-refractivity contribution in [3.63, 3.8) is 0 Å². The van der Waals surface area contributed by atoms with E-state index in [0.717, 1.165) is 37.7 Å². The molecule has 0 saturated carbocycles. The Kier molecular flexibility index (Phi) is 8.22. The Hall–Kier alpha value is -1.99. The molecule has 0 aliphatic carbocycles. The zero-order valence-corrected chi connectivity index (χ0v) is 18.9. The lowest BCUT2D eigenvalue weighted by Crippen LogP contribution is -2.53. The first-order valence-corrected chi connectivity index (χ1v) is 11.1. The van der Waals surface area contributed by atoms with Crippen molar-refractivity contribution in [2.45, 2.75) is 32.2 Å². The second-order valence-electron chi connectivity index (χ2n) is 8.47. The minimum Gasteiger partial charge on any atom is -0.369 e. The first-order chi connectivity index (χ1) is 14.2. The van der Waals surface area contributed by atoms with Crippen molar-refractivity contribution in [1.82, 2.24) is 9.80 Å². The number of hydrogen-bond donors (Lipinski definition) is 0. The second kappa shape index (κ2) is 10.9. The van der Waals surface area contributed by atoms with Crippen LogP contribution < -0.4 is 4.90 Å². The molecule has 0 radical (unpaired) electrons. The minimum absolute atomic E-state index is 0. The predicted molar refractivity (Wildman–Crippen MR) is 130 cm³/mol. The van der Waals surface area contributed by atoms with Gasteiger partial charge in [-0.25, -0.2) is 0 Å². The fraction of sp³-hybridized carbons (Fsp3) is 0.462. The Balaban J connectivity index is 0.00000256. The Morgan fingerprint density at radius 3 is 2.20 bits per heavy atom. The summed E-state index contributed by atoms with van der Waals surface area (Å²) in [6.45, 7) is 10.5. The summed E-state index contributed by atoms with van der Waals surface area (Å²) in [7, 11) is 0. The van der Waals surface area contributed by atoms with Crippen molar-refractivity contribution in [3.05, 3.63) is 65.2 Å². The van der Waals surface area contributed by atoms with E-state index in [1.54, 1.807) is 0 Å². The highest BCUT2D eigenvalue weighted by atomic mass is 35.5. The number of terminal acetylenes is 1. The molecule has 2 aliphatic heterocycles. The summed E-state index contributed by atoms with van der Waals surface area (Å²) >= 11 is 0. The third-order valence-electron chi connectivity index (χ3n) is 6.68. The van der Waals surface area contributed by atoms with Gasteiger partial charge < -0.3 is 9.80 Å². The minimum atomic E-state index is 0. The highest BCUT2D eigenvalue weighted by Gasteiger charge is 2.27. The van der Waals surface area contributed by atoms with Crippen molar-refractivity contribution in [1.29, 1.82) is 0 Å². The molecule has 0 atom stereocenters. The van der Waals surface area contributed by atoms with Crippen LogP contribution in [0.25, 0.3) is 0 Å². The van der Waals surface area contributed by atoms with Crippen LogP contribution in [0.3, 0.4) is 0 Å². The molecule has 160 valence electrons. The Morgan fingerprint density at radius 1 is 0.900 bits per heavy atom. The molecular weight excluding hydrogens is 390 g/mol. The number of anilines is 1. The van der Waals surface area contributed by atoms with Gasteiger partial charge >= 0.3 is 0 Å². The van der Waals surface area contributed by atoms with E-state index in [4.69, 9.17) is 6.42 Å². The van der Waals surface area contributed by atoms with E-state index in [1.807, 2.05) is 0 Å². The van der Waals surface area contributed by atoms with Crippen LogP contribution >= 0.6 is 12.4 Å². The maximum absolute atomic E-state index is 5.44. The van der Waals surface area contributed by atoms with Crippen LogP contribution in [0.1, 0.15) is 29.5 Å². The monoisotopic (exact) mass is 423 g/mol. The molecule has 0 aromatic heterocycles. The molecular formula is C26H34ClN3. The molecule has 2 heterocycles. The van der Waals surface area contributed by atoms with Crippen molar-refractivity contribution in [2.75, 3.05) is 50.7 Å². The summed E-state index contributed by atoms with van der Waals surface area (Å²) in [4.78, 5) is 7.94. The number of para-hydroxylation sites is 1. The molecule has 0 N–H and O–H groups in total. The van der Waals surface area contributed by atoms with Gasteiger partial charge in [0.25, 0.3) is 0 Å². The Labute approximate surface area is 188 Å². The van der Waals surface area contributed by atoms with Gasteiger partial charge in [-0.3, -0.25) is 4.90 Å². The number of halogens is 1. The highest BCUT2D eigenvalue weighted by molar-refractivity contribution is 5.85. The van der Waals surface area contributed by atoms with Crippen LogP contribution in [-0.2, 0) is 6.42 Å². The van der Waals surface area contributed by atoms with Crippen molar-refractivity contribution >= 4 is 18.1 Å². The van der Waals surface area contributed by atoms with Gasteiger partial charge in [0.1, 0.15) is 0 Å². The normalized spacial score (nSPS) is 18.6. The van der Waals surface area contributed by atoms with Gasteiger partial charge in [-0.05, 0) is 68.6 Å². The van der Waals surface area contributed by atoms with Crippen LogP contribution in [0.5, 0.6) is 0 Å². The van der Waals surface area contributed by atoms with Crippen LogP contribution in [0, 0.1) is 19.3 Å². The zero-order valence-electron chi connectivity index (χ0n) is 18.1. The number of benzene rings is 2. The summed E-state index contributed by atoms with van der Waals surface area (Å²) < 4.78 is 0. The quantitative estimate of drug-likeness (QED) is 0.666. The molecule has 0 bridgehead atoms. The van der Waals surface area contributed by atoms with Gasteiger partial charge in [-0.2, -0.15) is 0 Å². The summed E-state index contributed by atoms with van der Waals surface area (Å²) in [5, 5.41) is 0. The fourth-order valence-electron chi connectivity index (χ4n) is 4.81. The number of nitrogens with zero attached hydrogens (tertiary/aromatic N) is 3. The Morgan fingerprint density at radius 2 is 1.57 bits per heavy atom. The fourth-order valence-corrected chi connectivity index (χ4v) is 4.81. The molecule has 30 heavy (non-hydrogen) atoms. The van der Waals surface area contributed by atoms with Gasteiger partial charge in [0.05, 0.1) is 0 Å². The smallest absolute Gasteiger partial charge is 0.0396 e. The molecule has 4 rings (SSSR count). The summed E-state index contributed by atoms with van der Waals surface area (Å²) in [6, 6.07) is 18.0. The maximum atomic E-state index is 5.44. The summed E-state index contributed by atoms with van der Waals surface area (Å²) in [6.07, 6.45) is 9.17. The first kappa shape index (κ1) is 22.7. The number of piperazine rings is 1. The number of likely N-dealkylation sites (tertiary alicyclic amines) is 1. The molecule has 2 saturated heterocycles. The van der Waals surface area contributed by atoms with Gasteiger partial charge in [-0.15, -0.1) is 18.8 Å². The molecule has 3 nitrogen and oxygen atoms in total. The topological polar surface area (TPSA) is 9.72 Å². The first-order valence-electron chi connectivity index (χ1n) is 11.1. The summed E-state index contributed by atoms with van der Waals surface area (Å²) in [5.74, 6) is 2.69. The lowest BCUT2D eigenvalue weighted by Gasteiger charge is -2.43. The maximum Gasteiger partial charge on any atom is 0.0396 e. The van der Waals surface area contributed by atoms with E-state index in [2.05, 4.69) is 76.1 Å². The van der Waals surface area contributed by atoms with Crippen LogP contribution in [-0.4, -0.2) is 61.7 Å². The van der Waals surface area contributed by atoms with E-state index < -0.39 is 0 Å². The molecule has 2 fully saturated rings. The molecule has 0 unspecified atom stereocenters. The van der Waals surface area contributed by atoms with Crippen LogP contribution in [0.2, 0.25) is 0 Å². The zero-order chi connectivity index (χ0) is 20.1. The molecule has 4 heteroatoms. The van der Waals surface area contributed by atoms with Crippen LogP contribution in [0.15, 0.2) is 48.5 Å². The molecule has 2 aromatic rings. The summed E-state index contributed by atoms with van der Waals surface area (Å²) in [5.41, 5.74) is 5.16. The van der Waals surface area contributed by atoms with E-state index in [1.165, 1.54) is 55.8 Å². The molecule has 0 amide bonds. The number of aryl methyl sites for hydroxylation is 1. The van der Waals surface area contributed by atoms with Crippen molar-refractivity contribution in [3.8, 4) is 12.3 Å². The largest absolute Gasteiger partial charge is 0.369 e. The van der Waals surface area contributed by atoms with E-state index in [9.17, 15) is 0 Å². The van der Waals surface area contributed by atoms with Crippen molar-refractivity contribution in [2.24, 2.45) is 0 Å². The van der Waals surface area contributed by atoms with Gasteiger partial charge in [-0.1, -0.05) is 36.3 Å². The third kappa shape index (κ3) is 5.58. The number of hydrogen-bond acceptors (Lipinski definition) is 3. The lowest BCUT2D eigenvalue weighted by molar-refractivity contribution is 0.104. The molecule has 2 aliphatic rings. The van der Waals surface area contributed by atoms with Crippen LogP contribution in [0.4, 0.5) is 5.69 Å². The highest BCUT2D eigenvalue weighted by Crippen LogP contribution is 2.23. The SMILES string of the molecule is C#Cc1ccc(CCN2CCC(N3CCN(c4ccccc4C)CC3)CC2)cc1.Cl. The second-order valence-corrected chi connectivity index (χ2v) is 8.47. The molecule has 0 spiro atoms. The van der Waals surface area contributed by atoms with Gasteiger partial charge in [0, 0.05) is 50.0 Å². The van der Waals surface area contributed by atoms with E-state index >= 15 is 0 Å². The number of piperidine rings is 1. The third-order valence-corrected chi connectivity index (χ3v) is 6.68. The average molecular weight is 424 g/mol. The van der Waals surface area contributed by atoms with Gasteiger partial charge in [0.2, 0.25) is 0 Å². The van der Waals surface area contributed by atoms with E-state index in [-0.39, 0.29) is 12.4 Å². The lowest BCUT2D eigenvalue weighted by atomic mass is 10.0.